The van der Waals surface area contributed by atoms with E-state index in [0.29, 0.717) is 11.5 Å². The second-order valence-corrected chi connectivity index (χ2v) is 9.68. The van der Waals surface area contributed by atoms with Crippen molar-refractivity contribution >= 4 is 10.1 Å². The summed E-state index contributed by atoms with van der Waals surface area (Å²) in [5, 5.41) is 8.10. The van der Waals surface area contributed by atoms with Crippen molar-refractivity contribution < 1.29 is 46.9 Å². The molecule has 32 heavy (non-hydrogen) atoms. The Morgan fingerprint density at radius 1 is 0.688 bits per heavy atom. The standard InChI is InChI=1S/C24H22N2O4S.Na/c1-24(2,3)20-12-8-17(9-13-20)16-4-6-18(7-5-16)22-25-26-23(30-22)19-10-14-21(15-11-19)31(27,28)29;/h4-15H,1-3H3,(H,27,28,29);/q;+1/p-1. The molecule has 158 valence electrons. The molecule has 8 heteroatoms. The van der Waals surface area contributed by atoms with Crippen LogP contribution < -0.4 is 29.6 Å². The Morgan fingerprint density at radius 3 is 1.47 bits per heavy atom. The first kappa shape index (κ1) is 24.4. The molecule has 6 nitrogen and oxygen atoms in total. The third-order valence-corrected chi connectivity index (χ3v) is 5.88. The van der Waals surface area contributed by atoms with Crippen molar-refractivity contribution in [2.45, 2.75) is 31.1 Å². The summed E-state index contributed by atoms with van der Waals surface area (Å²) < 4.78 is 38.9. The van der Waals surface area contributed by atoms with Crippen LogP contribution in [-0.2, 0) is 15.5 Å². The number of hydrogen-bond donors (Lipinski definition) is 0. The van der Waals surface area contributed by atoms with Crippen molar-refractivity contribution in [3.8, 4) is 34.0 Å². The van der Waals surface area contributed by atoms with Crippen LogP contribution in [0.15, 0.2) is 82.1 Å². The molecule has 4 rings (SSSR count). The summed E-state index contributed by atoms with van der Waals surface area (Å²) in [6.45, 7) is 6.57. The van der Waals surface area contributed by atoms with Gasteiger partial charge in [-0.3, -0.25) is 0 Å². The van der Waals surface area contributed by atoms with Crippen molar-refractivity contribution in [3.05, 3.63) is 78.4 Å². The van der Waals surface area contributed by atoms with Gasteiger partial charge in [-0.25, -0.2) is 8.42 Å². The Kier molecular flexibility index (Phi) is 7.07. The van der Waals surface area contributed by atoms with Gasteiger partial charge in [-0.15, -0.1) is 10.2 Å². The average Bonchev–Trinajstić information content (AvgIpc) is 3.23. The van der Waals surface area contributed by atoms with Gasteiger partial charge in [0.15, 0.2) is 0 Å². The smallest absolute Gasteiger partial charge is 0.744 e. The number of rotatable bonds is 4. The van der Waals surface area contributed by atoms with E-state index in [1.807, 2.05) is 24.3 Å². The third kappa shape index (κ3) is 5.36. The topological polar surface area (TPSA) is 96.1 Å². The van der Waals surface area contributed by atoms with Crippen LogP contribution in [0.25, 0.3) is 34.0 Å². The first-order chi connectivity index (χ1) is 14.6. The van der Waals surface area contributed by atoms with Gasteiger partial charge in [0.05, 0.1) is 4.90 Å². The summed E-state index contributed by atoms with van der Waals surface area (Å²) in [5.41, 5.74) is 4.90. The van der Waals surface area contributed by atoms with Gasteiger partial charge in [-0.2, -0.15) is 0 Å². The number of benzene rings is 3. The van der Waals surface area contributed by atoms with E-state index < -0.39 is 10.1 Å². The summed E-state index contributed by atoms with van der Waals surface area (Å²) in [5.74, 6) is 0.594. The van der Waals surface area contributed by atoms with Crippen molar-refractivity contribution in [2.75, 3.05) is 0 Å². The van der Waals surface area contributed by atoms with Gasteiger partial charge in [-0.1, -0.05) is 57.2 Å². The van der Waals surface area contributed by atoms with Crippen LogP contribution in [0.5, 0.6) is 0 Å². The fraction of sp³-hybridized carbons (Fsp3) is 0.167. The van der Waals surface area contributed by atoms with Gasteiger partial charge in [0.1, 0.15) is 10.1 Å². The van der Waals surface area contributed by atoms with Crippen LogP contribution in [-0.4, -0.2) is 23.2 Å². The monoisotopic (exact) mass is 456 g/mol. The molecule has 0 saturated carbocycles. The molecule has 0 aliphatic rings. The first-order valence-corrected chi connectivity index (χ1v) is 11.1. The number of aromatic nitrogens is 2. The van der Waals surface area contributed by atoms with E-state index in [1.54, 1.807) is 0 Å². The Balaban J connectivity index is 0.00000289. The first-order valence-electron chi connectivity index (χ1n) is 9.72. The Morgan fingerprint density at radius 2 is 1.06 bits per heavy atom. The van der Waals surface area contributed by atoms with Gasteiger partial charge in [0, 0.05) is 11.1 Å². The average molecular weight is 456 g/mol. The van der Waals surface area contributed by atoms with E-state index in [1.165, 1.54) is 29.8 Å². The van der Waals surface area contributed by atoms with Gasteiger partial charge in [-0.05, 0) is 58.5 Å². The van der Waals surface area contributed by atoms with Crippen molar-refractivity contribution in [1.82, 2.24) is 10.2 Å². The van der Waals surface area contributed by atoms with Crippen LogP contribution in [0.1, 0.15) is 26.3 Å². The molecule has 0 aliphatic carbocycles. The van der Waals surface area contributed by atoms with Crippen LogP contribution in [0.2, 0.25) is 0 Å². The van der Waals surface area contributed by atoms with Gasteiger partial charge in [0.2, 0.25) is 11.8 Å². The minimum atomic E-state index is -4.49. The summed E-state index contributed by atoms with van der Waals surface area (Å²) in [6, 6.07) is 21.7. The second-order valence-electron chi connectivity index (χ2n) is 8.30. The minimum Gasteiger partial charge on any atom is -0.744 e. The van der Waals surface area contributed by atoms with Gasteiger partial charge < -0.3 is 8.97 Å². The summed E-state index contributed by atoms with van der Waals surface area (Å²) in [7, 11) is -4.49. The molecule has 0 aliphatic heterocycles. The normalized spacial score (nSPS) is 11.8. The van der Waals surface area contributed by atoms with E-state index in [4.69, 9.17) is 4.42 Å². The summed E-state index contributed by atoms with van der Waals surface area (Å²) in [4.78, 5) is -0.304. The molecule has 1 aromatic heterocycles. The maximum absolute atomic E-state index is 11.1. The molecule has 0 fully saturated rings. The fourth-order valence-corrected chi connectivity index (χ4v) is 3.66. The van der Waals surface area contributed by atoms with Gasteiger partial charge in [0.25, 0.3) is 0 Å². The van der Waals surface area contributed by atoms with Crippen LogP contribution in [0.3, 0.4) is 0 Å². The molecule has 0 unspecified atom stereocenters. The van der Waals surface area contributed by atoms with Gasteiger partial charge >= 0.3 is 29.6 Å². The Labute approximate surface area is 209 Å². The van der Waals surface area contributed by atoms with E-state index >= 15 is 0 Å². The quantitative estimate of drug-likeness (QED) is 0.345. The van der Waals surface area contributed by atoms with Crippen LogP contribution in [0, 0.1) is 0 Å². The molecule has 1 heterocycles. The number of nitrogens with zero attached hydrogens (tertiary/aromatic N) is 2. The van der Waals surface area contributed by atoms with E-state index in [2.05, 4.69) is 55.2 Å². The maximum Gasteiger partial charge on any atom is 1.00 e. The molecule has 0 atom stereocenters. The zero-order valence-corrected chi connectivity index (χ0v) is 21.2. The molecule has 0 bridgehead atoms. The molecule has 0 radical (unpaired) electrons. The molecule has 0 amide bonds. The fourth-order valence-electron chi connectivity index (χ4n) is 3.19. The zero-order chi connectivity index (χ0) is 22.2. The predicted octanol–water partition coefficient (Wildman–Crippen LogP) is 2.28. The molecular formula is C24H21N2NaO4S. The predicted molar refractivity (Wildman–Crippen MR) is 117 cm³/mol. The second kappa shape index (κ2) is 9.29. The zero-order valence-electron chi connectivity index (χ0n) is 18.4. The molecule has 0 saturated heterocycles. The van der Waals surface area contributed by atoms with E-state index in [9.17, 15) is 13.0 Å². The van der Waals surface area contributed by atoms with Crippen LogP contribution in [0.4, 0.5) is 0 Å². The van der Waals surface area contributed by atoms with Crippen molar-refractivity contribution in [2.24, 2.45) is 0 Å². The molecular weight excluding hydrogens is 435 g/mol. The molecule has 0 spiro atoms. The Bertz CT molecular complexity index is 1310. The SMILES string of the molecule is CC(C)(C)c1ccc(-c2ccc(-c3nnc(-c4ccc(S(=O)(=O)[O-])cc4)o3)cc2)cc1.[Na+]. The third-order valence-electron chi connectivity index (χ3n) is 5.03. The van der Waals surface area contributed by atoms with Crippen LogP contribution >= 0.6 is 0 Å². The number of hydrogen-bond acceptors (Lipinski definition) is 6. The Hall–Kier alpha value is -2.29. The molecule has 0 N–H and O–H groups in total. The maximum atomic E-state index is 11.1. The largest absolute Gasteiger partial charge is 1.00 e. The summed E-state index contributed by atoms with van der Waals surface area (Å²) in [6.07, 6.45) is 0. The van der Waals surface area contributed by atoms with Crippen molar-refractivity contribution in [3.63, 3.8) is 0 Å². The minimum absolute atomic E-state index is 0. The van der Waals surface area contributed by atoms with E-state index in [-0.39, 0.29) is 45.8 Å². The summed E-state index contributed by atoms with van der Waals surface area (Å²) >= 11 is 0. The van der Waals surface area contributed by atoms with E-state index in [0.717, 1.165) is 16.7 Å². The molecule has 3 aromatic carbocycles. The van der Waals surface area contributed by atoms with Crippen molar-refractivity contribution in [1.29, 1.82) is 0 Å². The molecule has 4 aromatic rings.